The van der Waals surface area contributed by atoms with Crippen LogP contribution in [0.2, 0.25) is 0 Å². The third-order valence-corrected chi connectivity index (χ3v) is 2.51. The highest BCUT2D eigenvalue weighted by Crippen LogP contribution is 2.28. The van der Waals surface area contributed by atoms with Crippen LogP contribution in [0.5, 0.6) is 0 Å². The predicted octanol–water partition coefficient (Wildman–Crippen LogP) is 1.76. The van der Waals surface area contributed by atoms with Crippen LogP contribution in [0.1, 0.15) is 24.4 Å². The highest BCUT2D eigenvalue weighted by Gasteiger charge is 2.23. The van der Waals surface area contributed by atoms with Gasteiger partial charge in [0.05, 0.1) is 11.0 Å². The molecule has 1 unspecified atom stereocenters. The minimum absolute atomic E-state index is 0.0332. The summed E-state index contributed by atoms with van der Waals surface area (Å²) in [7, 11) is 0. The van der Waals surface area contributed by atoms with E-state index in [0.717, 1.165) is 0 Å². The zero-order valence-electron chi connectivity index (χ0n) is 9.99. The van der Waals surface area contributed by atoms with Crippen molar-refractivity contribution >= 4 is 11.5 Å². The molecule has 2 rings (SSSR count). The summed E-state index contributed by atoms with van der Waals surface area (Å²) in [6.45, 7) is 1.78. The lowest BCUT2D eigenvalue weighted by molar-refractivity contribution is -0.384. The van der Waals surface area contributed by atoms with Gasteiger partial charge in [0.15, 0.2) is 0 Å². The van der Waals surface area contributed by atoms with Gasteiger partial charge in [-0.3, -0.25) is 10.1 Å². The van der Waals surface area contributed by atoms with Crippen molar-refractivity contribution in [3.05, 3.63) is 46.2 Å². The van der Waals surface area contributed by atoms with E-state index in [2.05, 4.69) is 20.3 Å². The lowest BCUT2D eigenvalue weighted by Gasteiger charge is -2.12. The number of nitrogens with zero attached hydrogens (tertiary/aromatic N) is 4. The van der Waals surface area contributed by atoms with E-state index in [0.29, 0.717) is 5.82 Å². The molecule has 2 heterocycles. The number of aromatic amines is 1. The van der Waals surface area contributed by atoms with Crippen molar-refractivity contribution in [2.24, 2.45) is 0 Å². The summed E-state index contributed by atoms with van der Waals surface area (Å²) in [5, 5.41) is 22.8. The maximum absolute atomic E-state index is 11.0. The molecular formula is C11H10N6O2. The monoisotopic (exact) mass is 258 g/mol. The molecule has 0 amide bonds. The van der Waals surface area contributed by atoms with Crippen molar-refractivity contribution in [2.45, 2.75) is 13.0 Å². The molecule has 8 nitrogen and oxygen atoms in total. The van der Waals surface area contributed by atoms with Gasteiger partial charge in [-0.25, -0.2) is 9.97 Å². The van der Waals surface area contributed by atoms with E-state index in [4.69, 9.17) is 5.26 Å². The van der Waals surface area contributed by atoms with Crippen molar-refractivity contribution in [1.82, 2.24) is 15.0 Å². The number of hydrogen-bond acceptors (Lipinski definition) is 6. The van der Waals surface area contributed by atoms with Crippen LogP contribution in [0.3, 0.4) is 0 Å². The fourth-order valence-electron chi connectivity index (χ4n) is 1.62. The zero-order chi connectivity index (χ0) is 13.8. The van der Waals surface area contributed by atoms with E-state index < -0.39 is 4.92 Å². The Morgan fingerprint density at radius 1 is 1.53 bits per heavy atom. The number of pyridine rings is 1. The molecule has 0 aliphatic heterocycles. The first-order valence-electron chi connectivity index (χ1n) is 5.42. The zero-order valence-corrected chi connectivity index (χ0v) is 9.99. The summed E-state index contributed by atoms with van der Waals surface area (Å²) < 4.78 is 0. The third kappa shape index (κ3) is 2.50. The molecule has 0 saturated carbocycles. The highest BCUT2D eigenvalue weighted by molar-refractivity contribution is 5.64. The fourth-order valence-corrected chi connectivity index (χ4v) is 1.62. The van der Waals surface area contributed by atoms with Crippen LogP contribution >= 0.6 is 0 Å². The summed E-state index contributed by atoms with van der Waals surface area (Å²) in [6, 6.07) is 2.79. The lowest BCUT2D eigenvalue weighted by Crippen LogP contribution is -2.11. The Morgan fingerprint density at radius 2 is 2.32 bits per heavy atom. The number of anilines is 1. The van der Waals surface area contributed by atoms with Gasteiger partial charge in [0, 0.05) is 18.6 Å². The maximum Gasteiger partial charge on any atom is 0.328 e. The van der Waals surface area contributed by atoms with Gasteiger partial charge in [0.2, 0.25) is 5.82 Å². The maximum atomic E-state index is 11.0. The number of nitrogens with one attached hydrogen (secondary N) is 2. The van der Waals surface area contributed by atoms with Crippen LogP contribution in [0.4, 0.5) is 11.5 Å². The van der Waals surface area contributed by atoms with E-state index in [1.807, 2.05) is 0 Å². The molecular weight excluding hydrogens is 248 g/mol. The molecule has 8 heteroatoms. The quantitative estimate of drug-likeness (QED) is 0.636. The number of imidazole rings is 1. The summed E-state index contributed by atoms with van der Waals surface area (Å²) in [5.41, 5.74) is -0.363. The number of rotatable bonds is 4. The Kier molecular flexibility index (Phi) is 3.38. The van der Waals surface area contributed by atoms with Gasteiger partial charge in [0.25, 0.3) is 0 Å². The van der Waals surface area contributed by atoms with Gasteiger partial charge >= 0.3 is 5.69 Å². The second-order valence-corrected chi connectivity index (χ2v) is 3.77. The average Bonchev–Trinajstić information content (AvgIpc) is 2.92. The first-order valence-corrected chi connectivity index (χ1v) is 5.42. The van der Waals surface area contributed by atoms with Crippen molar-refractivity contribution in [2.75, 3.05) is 5.32 Å². The molecule has 0 aliphatic carbocycles. The summed E-state index contributed by atoms with van der Waals surface area (Å²) >= 11 is 0. The first kappa shape index (κ1) is 12.5. The van der Waals surface area contributed by atoms with Crippen molar-refractivity contribution in [3.63, 3.8) is 0 Å². The highest BCUT2D eigenvalue weighted by atomic mass is 16.6. The Hall–Kier alpha value is -2.95. The van der Waals surface area contributed by atoms with Crippen LogP contribution in [-0.4, -0.2) is 19.9 Å². The van der Waals surface area contributed by atoms with Crippen molar-refractivity contribution in [1.29, 1.82) is 5.26 Å². The number of nitriles is 1. The molecule has 19 heavy (non-hydrogen) atoms. The van der Waals surface area contributed by atoms with Gasteiger partial charge in [-0.15, -0.1) is 0 Å². The Balaban J connectivity index is 2.35. The van der Waals surface area contributed by atoms with Crippen LogP contribution < -0.4 is 5.32 Å². The Morgan fingerprint density at radius 3 is 2.89 bits per heavy atom. The molecule has 2 aromatic heterocycles. The second kappa shape index (κ2) is 5.14. The molecule has 0 radical (unpaired) electrons. The van der Waals surface area contributed by atoms with Crippen molar-refractivity contribution < 1.29 is 4.92 Å². The van der Waals surface area contributed by atoms with Gasteiger partial charge in [-0.05, 0) is 13.0 Å². The minimum atomic E-state index is -0.622. The molecule has 1 atom stereocenters. The van der Waals surface area contributed by atoms with E-state index in [1.54, 1.807) is 25.4 Å². The Labute approximate surface area is 108 Å². The van der Waals surface area contributed by atoms with E-state index in [1.165, 1.54) is 12.3 Å². The fraction of sp³-hybridized carbons (Fsp3) is 0.182. The minimum Gasteiger partial charge on any atom is -0.355 e. The largest absolute Gasteiger partial charge is 0.355 e. The second-order valence-electron chi connectivity index (χ2n) is 3.77. The molecule has 0 saturated heterocycles. The topological polar surface area (TPSA) is 121 Å². The normalized spacial score (nSPS) is 11.6. The molecule has 0 aromatic carbocycles. The average molecular weight is 258 g/mol. The van der Waals surface area contributed by atoms with E-state index in [-0.39, 0.29) is 23.1 Å². The van der Waals surface area contributed by atoms with Crippen LogP contribution in [0.15, 0.2) is 24.7 Å². The van der Waals surface area contributed by atoms with E-state index >= 15 is 0 Å². The van der Waals surface area contributed by atoms with Crippen LogP contribution in [0.25, 0.3) is 0 Å². The van der Waals surface area contributed by atoms with Gasteiger partial charge in [-0.1, -0.05) is 0 Å². The lowest BCUT2D eigenvalue weighted by atomic mass is 10.2. The van der Waals surface area contributed by atoms with Crippen LogP contribution in [-0.2, 0) is 0 Å². The molecule has 96 valence electrons. The molecule has 2 aromatic rings. The standard InChI is InChI=1S/C11H10N6O2/c1-7(10-14-4-5-15-10)16-11-9(17(18)19)8(6-12)2-3-13-11/h2-5,7H,1H3,(H,13,16)(H,14,15). The van der Waals surface area contributed by atoms with Gasteiger partial charge < -0.3 is 10.3 Å². The number of H-pyrrole nitrogens is 1. The summed E-state index contributed by atoms with van der Waals surface area (Å²) in [5.74, 6) is 0.673. The first-order chi connectivity index (χ1) is 9.13. The molecule has 0 bridgehead atoms. The predicted molar refractivity (Wildman–Crippen MR) is 66.2 cm³/mol. The van der Waals surface area contributed by atoms with E-state index in [9.17, 15) is 10.1 Å². The van der Waals surface area contributed by atoms with Crippen molar-refractivity contribution in [3.8, 4) is 6.07 Å². The summed E-state index contributed by atoms with van der Waals surface area (Å²) in [4.78, 5) is 21.3. The molecule has 0 fully saturated rings. The number of aromatic nitrogens is 3. The molecule has 0 aliphatic rings. The van der Waals surface area contributed by atoms with Crippen LogP contribution in [0, 0.1) is 21.4 Å². The summed E-state index contributed by atoms with van der Waals surface area (Å²) in [6.07, 6.45) is 4.59. The third-order valence-electron chi connectivity index (χ3n) is 2.51. The van der Waals surface area contributed by atoms with Gasteiger partial charge in [0.1, 0.15) is 17.5 Å². The number of hydrogen-bond donors (Lipinski definition) is 2. The Bertz CT molecular complexity index is 631. The molecule has 2 N–H and O–H groups in total. The SMILES string of the molecule is CC(Nc1nccc(C#N)c1[N+](=O)[O-])c1ncc[nH]1. The smallest absolute Gasteiger partial charge is 0.328 e. The number of nitro groups is 1. The molecule has 0 spiro atoms. The van der Waals surface area contributed by atoms with Gasteiger partial charge in [-0.2, -0.15) is 5.26 Å².